The number of fused-ring (bicyclic) bond motifs is 1. The van der Waals surface area contributed by atoms with Crippen LogP contribution in [0.3, 0.4) is 0 Å². The number of anilines is 1. The number of nitrogens with one attached hydrogen (secondary N) is 1. The third-order valence-electron chi connectivity index (χ3n) is 3.26. The second-order valence-corrected chi connectivity index (χ2v) is 4.39. The van der Waals surface area contributed by atoms with Gasteiger partial charge in [-0.3, -0.25) is 15.3 Å². The van der Waals surface area contributed by atoms with E-state index in [-0.39, 0.29) is 11.3 Å². The normalized spacial score (nSPS) is 30.0. The molecule has 1 aliphatic rings. The zero-order chi connectivity index (χ0) is 14.3. The van der Waals surface area contributed by atoms with Crippen molar-refractivity contribution in [3.63, 3.8) is 0 Å². The van der Waals surface area contributed by atoms with Gasteiger partial charge in [0.2, 0.25) is 0 Å². The van der Waals surface area contributed by atoms with Gasteiger partial charge in [0.05, 0.1) is 12.9 Å². The minimum Gasteiger partial charge on any atom is -0.394 e. The van der Waals surface area contributed by atoms with Gasteiger partial charge in [0.15, 0.2) is 23.2 Å². The van der Waals surface area contributed by atoms with Crippen molar-refractivity contribution in [2.45, 2.75) is 24.5 Å². The quantitative estimate of drug-likeness (QED) is 0.413. The minimum atomic E-state index is -1.23. The van der Waals surface area contributed by atoms with Crippen molar-refractivity contribution < 1.29 is 25.3 Å². The lowest BCUT2D eigenvalue weighted by atomic mass is 10.1. The molecule has 0 unspecified atom stereocenters. The van der Waals surface area contributed by atoms with Crippen LogP contribution in [0.1, 0.15) is 6.23 Å². The molecule has 3 heterocycles. The summed E-state index contributed by atoms with van der Waals surface area (Å²) in [5.74, 6) is 0.112. The molecule has 0 radical (unpaired) electrons. The van der Waals surface area contributed by atoms with Crippen LogP contribution in [-0.2, 0) is 4.74 Å². The molecule has 5 N–H and O–H groups in total. The van der Waals surface area contributed by atoms with E-state index in [2.05, 4.69) is 15.0 Å². The van der Waals surface area contributed by atoms with Crippen LogP contribution in [0.4, 0.5) is 5.82 Å². The molecule has 3 rings (SSSR count). The zero-order valence-electron chi connectivity index (χ0n) is 10.2. The molecule has 10 heteroatoms. The number of ether oxygens (including phenoxy) is 1. The van der Waals surface area contributed by atoms with Crippen molar-refractivity contribution in [2.24, 2.45) is 0 Å². The van der Waals surface area contributed by atoms with E-state index in [0.717, 1.165) is 0 Å². The summed E-state index contributed by atoms with van der Waals surface area (Å²) in [5, 5.41) is 37.7. The van der Waals surface area contributed by atoms with Crippen LogP contribution >= 0.6 is 0 Å². The number of rotatable bonds is 3. The lowest BCUT2D eigenvalue weighted by molar-refractivity contribution is -0.0511. The molecule has 1 fully saturated rings. The van der Waals surface area contributed by atoms with Crippen molar-refractivity contribution in [2.75, 3.05) is 12.1 Å². The van der Waals surface area contributed by atoms with Crippen LogP contribution in [0.5, 0.6) is 0 Å². The Hall–Kier alpha value is -1.85. The van der Waals surface area contributed by atoms with E-state index >= 15 is 0 Å². The minimum absolute atomic E-state index is 0.112. The fourth-order valence-electron chi connectivity index (χ4n) is 2.23. The molecule has 2 aromatic rings. The molecule has 20 heavy (non-hydrogen) atoms. The predicted molar refractivity (Wildman–Crippen MR) is 63.7 cm³/mol. The number of aliphatic hydroxyl groups excluding tert-OH is 3. The van der Waals surface area contributed by atoms with Gasteiger partial charge in [0, 0.05) is 0 Å². The summed E-state index contributed by atoms with van der Waals surface area (Å²) in [5.41, 5.74) is 2.49. The fourth-order valence-corrected chi connectivity index (χ4v) is 2.23. The monoisotopic (exact) mass is 283 g/mol. The third kappa shape index (κ3) is 1.82. The Morgan fingerprint density at radius 1 is 1.25 bits per heavy atom. The number of hydrogen-bond acceptors (Lipinski definition) is 9. The second-order valence-electron chi connectivity index (χ2n) is 4.39. The highest BCUT2D eigenvalue weighted by Gasteiger charge is 2.43. The van der Waals surface area contributed by atoms with E-state index in [1.807, 2.05) is 5.48 Å². The van der Waals surface area contributed by atoms with E-state index in [1.165, 1.54) is 17.2 Å². The van der Waals surface area contributed by atoms with Crippen LogP contribution in [-0.4, -0.2) is 65.0 Å². The summed E-state index contributed by atoms with van der Waals surface area (Å²) in [4.78, 5) is 11.8. The van der Waals surface area contributed by atoms with Crippen molar-refractivity contribution in [1.29, 1.82) is 0 Å². The van der Waals surface area contributed by atoms with E-state index in [0.29, 0.717) is 5.65 Å². The van der Waals surface area contributed by atoms with Crippen LogP contribution in [0.15, 0.2) is 12.7 Å². The van der Waals surface area contributed by atoms with Gasteiger partial charge < -0.3 is 20.1 Å². The molecule has 2 aromatic heterocycles. The Morgan fingerprint density at radius 3 is 2.70 bits per heavy atom. The van der Waals surface area contributed by atoms with Gasteiger partial charge in [-0.05, 0) is 0 Å². The van der Waals surface area contributed by atoms with Crippen molar-refractivity contribution in [3.8, 4) is 0 Å². The summed E-state index contributed by atoms with van der Waals surface area (Å²) in [7, 11) is 0. The Kier molecular flexibility index (Phi) is 3.23. The number of aliphatic hydroxyl groups is 3. The van der Waals surface area contributed by atoms with Gasteiger partial charge in [-0.2, -0.15) is 0 Å². The maximum atomic E-state index is 9.97. The molecule has 10 nitrogen and oxygen atoms in total. The third-order valence-corrected chi connectivity index (χ3v) is 3.26. The average molecular weight is 283 g/mol. The van der Waals surface area contributed by atoms with Crippen LogP contribution < -0.4 is 5.48 Å². The second kappa shape index (κ2) is 4.92. The molecular weight excluding hydrogens is 270 g/mol. The lowest BCUT2D eigenvalue weighted by Crippen LogP contribution is -2.33. The Morgan fingerprint density at radius 2 is 2.05 bits per heavy atom. The molecule has 108 valence electrons. The van der Waals surface area contributed by atoms with E-state index < -0.39 is 31.1 Å². The molecule has 0 spiro atoms. The maximum absolute atomic E-state index is 9.97. The van der Waals surface area contributed by atoms with Gasteiger partial charge in [-0.1, -0.05) is 0 Å². The van der Waals surface area contributed by atoms with E-state index in [4.69, 9.17) is 15.1 Å². The lowest BCUT2D eigenvalue weighted by Gasteiger charge is -2.16. The zero-order valence-corrected chi connectivity index (χ0v) is 10.2. The Balaban J connectivity index is 2.03. The SMILES string of the molecule is OC[C@@H]1O[C@H](n2cnc3c(NO)ncnc32)[C@H](O)[C@@H]1O. The van der Waals surface area contributed by atoms with Gasteiger partial charge in [-0.15, -0.1) is 0 Å². The first-order chi connectivity index (χ1) is 9.67. The maximum Gasteiger partial charge on any atom is 0.181 e. The first-order valence-corrected chi connectivity index (χ1v) is 5.87. The largest absolute Gasteiger partial charge is 0.394 e. The summed E-state index contributed by atoms with van der Waals surface area (Å²) < 4.78 is 6.79. The average Bonchev–Trinajstić information content (AvgIpc) is 3.01. The molecular formula is C10H13N5O5. The smallest absolute Gasteiger partial charge is 0.181 e. The van der Waals surface area contributed by atoms with E-state index in [9.17, 15) is 10.2 Å². The van der Waals surface area contributed by atoms with Gasteiger partial charge in [-0.25, -0.2) is 15.0 Å². The number of aromatic nitrogens is 4. The molecule has 4 atom stereocenters. The van der Waals surface area contributed by atoms with Crippen molar-refractivity contribution >= 4 is 17.0 Å². The van der Waals surface area contributed by atoms with Crippen molar-refractivity contribution in [1.82, 2.24) is 19.5 Å². The topological polar surface area (TPSA) is 146 Å². The van der Waals surface area contributed by atoms with Gasteiger partial charge >= 0.3 is 0 Å². The summed E-state index contributed by atoms with van der Waals surface area (Å²) >= 11 is 0. The number of nitrogens with zero attached hydrogens (tertiary/aromatic N) is 4. The first-order valence-electron chi connectivity index (χ1n) is 5.87. The highest BCUT2D eigenvalue weighted by atomic mass is 16.6. The molecule has 0 aromatic carbocycles. The molecule has 1 aliphatic heterocycles. The van der Waals surface area contributed by atoms with Crippen LogP contribution in [0, 0.1) is 0 Å². The first kappa shape index (κ1) is 13.1. The molecule has 0 saturated carbocycles. The van der Waals surface area contributed by atoms with E-state index in [1.54, 1.807) is 0 Å². The van der Waals surface area contributed by atoms with Gasteiger partial charge in [0.1, 0.15) is 24.6 Å². The Labute approximate surface area is 112 Å². The number of imidazole rings is 1. The summed E-state index contributed by atoms with van der Waals surface area (Å²) in [6.45, 7) is -0.417. The van der Waals surface area contributed by atoms with Crippen LogP contribution in [0.2, 0.25) is 0 Å². The van der Waals surface area contributed by atoms with Crippen LogP contribution in [0.25, 0.3) is 11.2 Å². The predicted octanol–water partition coefficient (Wildman–Crippen LogP) is -1.76. The highest BCUT2D eigenvalue weighted by molar-refractivity contribution is 5.82. The van der Waals surface area contributed by atoms with Crippen molar-refractivity contribution in [3.05, 3.63) is 12.7 Å². The van der Waals surface area contributed by atoms with Gasteiger partial charge in [0.25, 0.3) is 0 Å². The summed E-state index contributed by atoms with van der Waals surface area (Å²) in [6, 6.07) is 0. The standard InChI is InChI=1S/C10H13N5O5/c16-1-4-6(17)7(18)10(20-4)15-3-13-5-8(14-19)11-2-12-9(5)15/h2-4,6-7,10,16-19H,1H2,(H,11,12,14)/t4-,6+,7+,10-/m0/s1. The molecule has 1 saturated heterocycles. The Bertz CT molecular complexity index is 619. The molecule has 0 bridgehead atoms. The highest BCUT2D eigenvalue weighted by Crippen LogP contribution is 2.31. The summed E-state index contributed by atoms with van der Waals surface area (Å²) in [6.07, 6.45) is -1.70. The molecule has 0 aliphatic carbocycles. The molecule has 0 amide bonds. The fraction of sp³-hybridized carbons (Fsp3) is 0.500. The number of hydrogen-bond donors (Lipinski definition) is 5.